The number of rotatable bonds is 8. The zero-order chi connectivity index (χ0) is 22.6. The Kier molecular flexibility index (Phi) is 6.50. The first-order valence-corrected chi connectivity index (χ1v) is 11.0. The zero-order valence-corrected chi connectivity index (χ0v) is 18.1. The molecule has 0 spiro atoms. The van der Waals surface area contributed by atoms with E-state index >= 15 is 0 Å². The smallest absolute Gasteiger partial charge is 0.270 e. The van der Waals surface area contributed by atoms with Gasteiger partial charge in [-0.05, 0) is 36.6 Å². The van der Waals surface area contributed by atoms with Crippen LogP contribution >= 0.6 is 0 Å². The molecule has 0 aliphatic carbocycles. The third-order valence-electron chi connectivity index (χ3n) is 4.29. The fraction of sp³-hybridized carbons (Fsp3) is 0.238. The van der Waals surface area contributed by atoms with Gasteiger partial charge in [0, 0.05) is 29.4 Å². The van der Waals surface area contributed by atoms with Crippen LogP contribution in [0.3, 0.4) is 0 Å². The van der Waals surface area contributed by atoms with E-state index in [0.717, 1.165) is 6.07 Å². The standard InChI is InChI=1S/C21H22N4O5S/c1-14(2)13-30-21-10-9-19(22-23-21)16-5-4-6-17(11-16)24-31(28,29)20-12-18(25(26)27)8-7-15(20)3/h4-12,14,24H,13H2,1-3H3. The average Bonchev–Trinajstić information content (AvgIpc) is 2.72. The highest BCUT2D eigenvalue weighted by Crippen LogP contribution is 2.26. The van der Waals surface area contributed by atoms with Crippen molar-refractivity contribution in [2.24, 2.45) is 5.92 Å². The molecule has 0 unspecified atom stereocenters. The number of nitrogens with zero attached hydrogens (tertiary/aromatic N) is 3. The molecule has 1 heterocycles. The Morgan fingerprint density at radius 1 is 1.10 bits per heavy atom. The molecule has 0 saturated heterocycles. The monoisotopic (exact) mass is 442 g/mol. The number of hydrogen-bond donors (Lipinski definition) is 1. The summed E-state index contributed by atoms with van der Waals surface area (Å²) in [5.74, 6) is 0.774. The van der Waals surface area contributed by atoms with Gasteiger partial charge in [0.1, 0.15) is 0 Å². The fourth-order valence-corrected chi connectivity index (χ4v) is 4.06. The fourth-order valence-electron chi connectivity index (χ4n) is 2.75. The van der Waals surface area contributed by atoms with Crippen LogP contribution in [0.2, 0.25) is 0 Å². The van der Waals surface area contributed by atoms with Crippen LogP contribution in [0.5, 0.6) is 5.88 Å². The average molecular weight is 442 g/mol. The van der Waals surface area contributed by atoms with Crippen molar-refractivity contribution in [3.63, 3.8) is 0 Å². The van der Waals surface area contributed by atoms with Crippen molar-refractivity contribution >= 4 is 21.4 Å². The first kappa shape index (κ1) is 22.2. The lowest BCUT2D eigenvalue weighted by Gasteiger charge is -2.11. The third-order valence-corrected chi connectivity index (χ3v) is 5.81. The molecule has 31 heavy (non-hydrogen) atoms. The van der Waals surface area contributed by atoms with Gasteiger partial charge in [-0.15, -0.1) is 10.2 Å². The van der Waals surface area contributed by atoms with Crippen molar-refractivity contribution in [1.82, 2.24) is 10.2 Å². The molecule has 0 fully saturated rings. The Morgan fingerprint density at radius 3 is 2.52 bits per heavy atom. The summed E-state index contributed by atoms with van der Waals surface area (Å²) in [5.41, 5.74) is 1.60. The van der Waals surface area contributed by atoms with Gasteiger partial charge in [0.15, 0.2) is 0 Å². The number of nitro benzene ring substituents is 1. The molecule has 10 heteroatoms. The summed E-state index contributed by atoms with van der Waals surface area (Å²) in [5, 5.41) is 19.2. The predicted molar refractivity (Wildman–Crippen MR) is 116 cm³/mol. The van der Waals surface area contributed by atoms with E-state index in [9.17, 15) is 18.5 Å². The van der Waals surface area contributed by atoms with Crippen LogP contribution in [-0.4, -0.2) is 30.1 Å². The van der Waals surface area contributed by atoms with Gasteiger partial charge in [0.2, 0.25) is 5.88 Å². The van der Waals surface area contributed by atoms with Crippen LogP contribution in [0.1, 0.15) is 19.4 Å². The second-order valence-corrected chi connectivity index (χ2v) is 9.01. The molecule has 2 aromatic carbocycles. The molecule has 3 rings (SSSR count). The minimum atomic E-state index is -4.03. The number of ether oxygens (including phenoxy) is 1. The number of hydrogen-bond acceptors (Lipinski definition) is 7. The van der Waals surface area contributed by atoms with Crippen LogP contribution in [0, 0.1) is 23.0 Å². The van der Waals surface area contributed by atoms with Crippen LogP contribution in [0.25, 0.3) is 11.3 Å². The molecular weight excluding hydrogens is 420 g/mol. The van der Waals surface area contributed by atoms with E-state index in [4.69, 9.17) is 4.74 Å². The second-order valence-electron chi connectivity index (χ2n) is 7.35. The topological polar surface area (TPSA) is 124 Å². The molecule has 3 aromatic rings. The quantitative estimate of drug-likeness (QED) is 0.409. The number of anilines is 1. The lowest BCUT2D eigenvalue weighted by molar-refractivity contribution is -0.385. The van der Waals surface area contributed by atoms with Gasteiger partial charge in [-0.1, -0.05) is 32.0 Å². The van der Waals surface area contributed by atoms with Crippen molar-refractivity contribution in [2.75, 3.05) is 11.3 Å². The van der Waals surface area contributed by atoms with Crippen molar-refractivity contribution < 1.29 is 18.1 Å². The van der Waals surface area contributed by atoms with E-state index in [0.29, 0.717) is 40.9 Å². The van der Waals surface area contributed by atoms with E-state index < -0.39 is 14.9 Å². The molecule has 0 amide bonds. The lowest BCUT2D eigenvalue weighted by Crippen LogP contribution is -2.14. The maximum absolute atomic E-state index is 12.8. The van der Waals surface area contributed by atoms with Crippen molar-refractivity contribution in [3.8, 4) is 17.1 Å². The van der Waals surface area contributed by atoms with Gasteiger partial charge >= 0.3 is 0 Å². The Balaban J connectivity index is 1.84. The number of benzene rings is 2. The summed E-state index contributed by atoms with van der Waals surface area (Å²) in [4.78, 5) is 10.2. The number of aromatic nitrogens is 2. The Labute approximate surface area is 180 Å². The molecule has 9 nitrogen and oxygen atoms in total. The Bertz CT molecular complexity index is 1190. The van der Waals surface area contributed by atoms with E-state index in [1.165, 1.54) is 12.1 Å². The number of non-ortho nitro benzene ring substituents is 1. The minimum Gasteiger partial charge on any atom is -0.476 e. The van der Waals surface area contributed by atoms with Crippen molar-refractivity contribution in [1.29, 1.82) is 0 Å². The van der Waals surface area contributed by atoms with Gasteiger partial charge in [-0.3, -0.25) is 14.8 Å². The first-order valence-electron chi connectivity index (χ1n) is 9.50. The molecule has 0 bridgehead atoms. The number of aryl methyl sites for hydroxylation is 1. The van der Waals surface area contributed by atoms with Crippen LogP contribution in [-0.2, 0) is 10.0 Å². The molecule has 0 radical (unpaired) electrons. The summed E-state index contributed by atoms with van der Waals surface area (Å²) >= 11 is 0. The summed E-state index contributed by atoms with van der Waals surface area (Å²) in [6, 6.07) is 13.8. The van der Waals surface area contributed by atoms with Crippen LogP contribution in [0.15, 0.2) is 59.5 Å². The van der Waals surface area contributed by atoms with E-state index in [1.807, 2.05) is 13.8 Å². The third kappa shape index (κ3) is 5.54. The summed E-state index contributed by atoms with van der Waals surface area (Å²) in [6.45, 7) is 6.17. The highest BCUT2D eigenvalue weighted by molar-refractivity contribution is 7.92. The van der Waals surface area contributed by atoms with Gasteiger partial charge in [-0.2, -0.15) is 0 Å². The van der Waals surface area contributed by atoms with Gasteiger partial charge in [-0.25, -0.2) is 8.42 Å². The van der Waals surface area contributed by atoms with Gasteiger partial charge in [0.05, 0.1) is 22.1 Å². The molecule has 0 aliphatic heterocycles. The zero-order valence-electron chi connectivity index (χ0n) is 17.3. The molecule has 0 saturated carbocycles. The number of nitrogens with one attached hydrogen (secondary N) is 1. The summed E-state index contributed by atoms with van der Waals surface area (Å²) in [6.07, 6.45) is 0. The lowest BCUT2D eigenvalue weighted by atomic mass is 10.1. The summed E-state index contributed by atoms with van der Waals surface area (Å²) < 4.78 is 33.7. The minimum absolute atomic E-state index is 0.154. The van der Waals surface area contributed by atoms with E-state index in [1.54, 1.807) is 43.3 Å². The maximum atomic E-state index is 12.8. The second kappa shape index (κ2) is 9.09. The van der Waals surface area contributed by atoms with Crippen molar-refractivity contribution in [2.45, 2.75) is 25.7 Å². The van der Waals surface area contributed by atoms with E-state index in [2.05, 4.69) is 14.9 Å². The molecular formula is C21H22N4O5S. The van der Waals surface area contributed by atoms with Crippen LogP contribution in [0.4, 0.5) is 11.4 Å². The molecule has 0 aliphatic rings. The molecule has 0 atom stereocenters. The predicted octanol–water partition coefficient (Wildman–Crippen LogP) is 4.20. The van der Waals surface area contributed by atoms with E-state index in [-0.39, 0.29) is 10.6 Å². The van der Waals surface area contributed by atoms with Crippen LogP contribution < -0.4 is 9.46 Å². The number of sulfonamides is 1. The first-order chi connectivity index (χ1) is 14.7. The normalized spacial score (nSPS) is 11.4. The van der Waals surface area contributed by atoms with Gasteiger partial charge in [0.25, 0.3) is 15.7 Å². The van der Waals surface area contributed by atoms with Crippen molar-refractivity contribution in [3.05, 3.63) is 70.3 Å². The largest absolute Gasteiger partial charge is 0.476 e. The summed E-state index contributed by atoms with van der Waals surface area (Å²) in [7, 11) is -4.03. The highest BCUT2D eigenvalue weighted by Gasteiger charge is 2.21. The number of nitro groups is 1. The highest BCUT2D eigenvalue weighted by atomic mass is 32.2. The molecule has 1 N–H and O–H groups in total. The maximum Gasteiger partial charge on any atom is 0.270 e. The Morgan fingerprint density at radius 2 is 1.87 bits per heavy atom. The Hall–Kier alpha value is -3.53. The van der Waals surface area contributed by atoms with Gasteiger partial charge < -0.3 is 4.74 Å². The SMILES string of the molecule is Cc1ccc([N+](=O)[O-])cc1S(=O)(=O)Nc1cccc(-c2ccc(OCC(C)C)nn2)c1. The molecule has 162 valence electrons. The molecule has 1 aromatic heterocycles.